The Morgan fingerprint density at radius 2 is 1.30 bits per heavy atom. The molecule has 5 rings (SSSR count). The van der Waals surface area contributed by atoms with Gasteiger partial charge in [-0.2, -0.15) is 0 Å². The highest BCUT2D eigenvalue weighted by atomic mass is 16.6. The molecule has 2 aliphatic heterocycles. The van der Waals surface area contributed by atoms with Crippen LogP contribution in [0, 0.1) is 0 Å². The number of nitrogens with one attached hydrogen (secondary N) is 1. The third-order valence-corrected chi connectivity index (χ3v) is 8.90. The van der Waals surface area contributed by atoms with Crippen LogP contribution in [0.2, 0.25) is 0 Å². The van der Waals surface area contributed by atoms with E-state index in [1.807, 2.05) is 85.8 Å². The number of esters is 1. The largest absolute Gasteiger partial charge is 0.497 e. The Morgan fingerprint density at radius 3 is 1.93 bits per heavy atom. The molecule has 0 unspecified atom stereocenters. The lowest BCUT2D eigenvalue weighted by atomic mass is 10.0. The maximum Gasteiger partial charge on any atom is 0.407 e. The SMILES string of the molecule is CCCNC(=O)OC[C@H]1O[C@H](CCO/N=C(\C)CCC(=O)OC[C@H]2O[C@H](c3ccccc3)C=C[C@@H]2Oc2ccc(OC)cc2)C=C[C@@H]1Oc1ccc(OC)cc1. The van der Waals surface area contributed by atoms with Crippen molar-refractivity contribution in [2.45, 2.75) is 76.2 Å². The summed E-state index contributed by atoms with van der Waals surface area (Å²) in [5.41, 5.74) is 1.63. The van der Waals surface area contributed by atoms with E-state index in [1.165, 1.54) is 0 Å². The van der Waals surface area contributed by atoms with Gasteiger partial charge in [-0.05, 0) is 86.0 Å². The predicted molar refractivity (Wildman–Crippen MR) is 209 cm³/mol. The summed E-state index contributed by atoms with van der Waals surface area (Å²) in [4.78, 5) is 30.6. The van der Waals surface area contributed by atoms with Gasteiger partial charge in [-0.1, -0.05) is 54.6 Å². The van der Waals surface area contributed by atoms with Crippen LogP contribution in [0.25, 0.3) is 0 Å². The average Bonchev–Trinajstić information content (AvgIpc) is 3.24. The maximum atomic E-state index is 12.8. The molecule has 1 amide bonds. The molecule has 3 aromatic carbocycles. The number of nitrogens with zero attached hydrogens (tertiary/aromatic N) is 1. The zero-order valence-corrected chi connectivity index (χ0v) is 32.4. The summed E-state index contributed by atoms with van der Waals surface area (Å²) in [6.45, 7) is 4.54. The molecule has 2 aliphatic rings. The van der Waals surface area contributed by atoms with Crippen molar-refractivity contribution in [3.05, 3.63) is 109 Å². The summed E-state index contributed by atoms with van der Waals surface area (Å²) in [7, 11) is 3.21. The summed E-state index contributed by atoms with van der Waals surface area (Å²) < 4.78 is 46.6. The van der Waals surface area contributed by atoms with Gasteiger partial charge in [-0.15, -0.1) is 0 Å². The van der Waals surface area contributed by atoms with Crippen molar-refractivity contribution >= 4 is 17.8 Å². The number of hydrogen-bond donors (Lipinski definition) is 1. The van der Waals surface area contributed by atoms with Crippen molar-refractivity contribution in [1.29, 1.82) is 0 Å². The van der Waals surface area contributed by atoms with E-state index in [-0.39, 0.29) is 44.4 Å². The number of amides is 1. The summed E-state index contributed by atoms with van der Waals surface area (Å²) >= 11 is 0. The predicted octanol–water partition coefficient (Wildman–Crippen LogP) is 7.16. The van der Waals surface area contributed by atoms with E-state index in [1.54, 1.807) is 45.4 Å². The van der Waals surface area contributed by atoms with Crippen LogP contribution in [0.3, 0.4) is 0 Å². The van der Waals surface area contributed by atoms with Crippen LogP contribution >= 0.6 is 0 Å². The molecule has 0 radical (unpaired) electrons. The molecule has 0 fully saturated rings. The van der Waals surface area contributed by atoms with E-state index < -0.39 is 30.5 Å². The van der Waals surface area contributed by atoms with Gasteiger partial charge in [-0.3, -0.25) is 4.79 Å². The fraction of sp³-hybridized carbons (Fsp3) is 0.419. The van der Waals surface area contributed by atoms with Gasteiger partial charge in [0.15, 0.2) is 0 Å². The fourth-order valence-electron chi connectivity index (χ4n) is 5.80. The molecule has 1 N–H and O–H groups in total. The monoisotopic (exact) mass is 772 g/mol. The number of carbonyl (C=O) groups is 2. The first-order chi connectivity index (χ1) is 27.3. The first-order valence-corrected chi connectivity index (χ1v) is 18.9. The van der Waals surface area contributed by atoms with Crippen LogP contribution in [0.15, 0.2) is 108 Å². The molecule has 13 heteroatoms. The molecule has 3 aromatic rings. The normalized spacial score (nSPS) is 21.8. The summed E-state index contributed by atoms with van der Waals surface area (Å²) in [5, 5.41) is 6.89. The number of methoxy groups -OCH3 is 2. The molecule has 0 saturated heterocycles. The molecule has 2 heterocycles. The second-order valence-corrected chi connectivity index (χ2v) is 13.2. The van der Waals surface area contributed by atoms with Crippen LogP contribution in [0.5, 0.6) is 23.0 Å². The van der Waals surface area contributed by atoms with Gasteiger partial charge in [0.25, 0.3) is 0 Å². The number of benzene rings is 3. The second kappa shape index (κ2) is 22.1. The Kier molecular flexibility index (Phi) is 16.5. The van der Waals surface area contributed by atoms with Crippen molar-refractivity contribution in [1.82, 2.24) is 5.32 Å². The Morgan fingerprint density at radius 1 is 0.714 bits per heavy atom. The van der Waals surface area contributed by atoms with Gasteiger partial charge in [0.05, 0.1) is 32.5 Å². The summed E-state index contributed by atoms with van der Waals surface area (Å²) in [6, 6.07) is 24.3. The first-order valence-electron chi connectivity index (χ1n) is 18.9. The molecule has 0 saturated carbocycles. The van der Waals surface area contributed by atoms with E-state index in [0.29, 0.717) is 42.3 Å². The summed E-state index contributed by atoms with van der Waals surface area (Å²) in [6.07, 6.45) is 6.26. The van der Waals surface area contributed by atoms with Crippen molar-refractivity contribution in [3.63, 3.8) is 0 Å². The van der Waals surface area contributed by atoms with Crippen LogP contribution in [-0.4, -0.2) is 88.9 Å². The Bertz CT molecular complexity index is 1730. The van der Waals surface area contributed by atoms with Gasteiger partial charge in [0.2, 0.25) is 0 Å². The molecule has 56 heavy (non-hydrogen) atoms. The number of alkyl carbamates (subject to hydrolysis) is 1. The molecule has 0 aromatic heterocycles. The molecule has 300 valence electrons. The highest BCUT2D eigenvalue weighted by Crippen LogP contribution is 2.30. The van der Waals surface area contributed by atoms with Gasteiger partial charge in [0, 0.05) is 13.0 Å². The highest BCUT2D eigenvalue weighted by Gasteiger charge is 2.32. The lowest BCUT2D eigenvalue weighted by molar-refractivity contribution is -0.152. The van der Waals surface area contributed by atoms with Crippen molar-refractivity contribution < 1.29 is 52.3 Å². The van der Waals surface area contributed by atoms with Crippen LogP contribution < -0.4 is 24.3 Å². The smallest absolute Gasteiger partial charge is 0.407 e. The van der Waals surface area contributed by atoms with Crippen LogP contribution in [0.1, 0.15) is 51.2 Å². The van der Waals surface area contributed by atoms with E-state index in [0.717, 1.165) is 17.7 Å². The number of ether oxygens (including phenoxy) is 8. The van der Waals surface area contributed by atoms with Crippen molar-refractivity contribution in [2.75, 3.05) is 40.6 Å². The van der Waals surface area contributed by atoms with Crippen molar-refractivity contribution in [3.8, 4) is 23.0 Å². The minimum Gasteiger partial charge on any atom is -0.497 e. The topological polar surface area (TPSA) is 142 Å². The Hall–Kier alpha value is -5.53. The Balaban J connectivity index is 1.07. The zero-order chi connectivity index (χ0) is 39.5. The number of rotatable bonds is 20. The van der Waals surface area contributed by atoms with E-state index in [2.05, 4.69) is 10.5 Å². The van der Waals surface area contributed by atoms with Crippen LogP contribution in [0.4, 0.5) is 4.79 Å². The molecule has 0 bridgehead atoms. The molecule has 6 atom stereocenters. The number of oxime groups is 1. The molecule has 0 aliphatic carbocycles. The van der Waals surface area contributed by atoms with E-state index in [4.69, 9.17) is 42.7 Å². The van der Waals surface area contributed by atoms with Crippen molar-refractivity contribution in [2.24, 2.45) is 5.16 Å². The van der Waals surface area contributed by atoms with E-state index in [9.17, 15) is 9.59 Å². The van der Waals surface area contributed by atoms with Crippen LogP contribution in [-0.2, 0) is 28.6 Å². The quantitative estimate of drug-likeness (QED) is 0.0411. The van der Waals surface area contributed by atoms with Gasteiger partial charge >= 0.3 is 12.1 Å². The van der Waals surface area contributed by atoms with Gasteiger partial charge in [-0.25, -0.2) is 4.79 Å². The Labute approximate surface area is 328 Å². The summed E-state index contributed by atoms with van der Waals surface area (Å²) in [5.74, 6) is 2.31. The number of carbonyl (C=O) groups excluding carboxylic acids is 2. The highest BCUT2D eigenvalue weighted by molar-refractivity contribution is 5.85. The molecular formula is C43H52N2O11. The maximum absolute atomic E-state index is 12.8. The molecule has 0 spiro atoms. The standard InChI is InChI=1S/C43H52N2O11/c1-5-26-44-43(47)51-29-40-38(53-34-16-12-32(48-3)13-17-34)21-20-36(55-40)25-27-52-45-30(2)11-24-42(46)50-28-41-39(54-35-18-14-33(49-4)15-19-35)23-22-37(56-41)31-9-7-6-8-10-31/h6-10,12-23,36-41H,5,11,24-29H2,1-4H3,(H,44,47)/b45-30+/t36-,37-,38-,39-,40+,41+/m0/s1. The lowest BCUT2D eigenvalue weighted by Crippen LogP contribution is -2.43. The minimum atomic E-state index is -0.556. The second-order valence-electron chi connectivity index (χ2n) is 13.2. The lowest BCUT2D eigenvalue weighted by Gasteiger charge is -2.32. The van der Waals surface area contributed by atoms with E-state index >= 15 is 0 Å². The van der Waals surface area contributed by atoms with Gasteiger partial charge < -0.3 is 48.0 Å². The zero-order valence-electron chi connectivity index (χ0n) is 32.4. The minimum absolute atomic E-state index is 0.00103. The fourth-order valence-corrected chi connectivity index (χ4v) is 5.80. The average molecular weight is 773 g/mol. The number of hydrogen-bond acceptors (Lipinski definition) is 12. The molecular weight excluding hydrogens is 720 g/mol. The third-order valence-electron chi connectivity index (χ3n) is 8.90. The first kappa shape index (κ1) is 41.6. The molecule has 13 nitrogen and oxygen atoms in total. The third kappa shape index (κ3) is 13.3. The van der Waals surface area contributed by atoms with Gasteiger partial charge in [0.1, 0.15) is 73.3 Å².